The molecule has 0 saturated carbocycles. The van der Waals surface area contributed by atoms with Crippen LogP contribution in [0.1, 0.15) is 33.6 Å². The number of anilines is 2. The van der Waals surface area contributed by atoms with Crippen LogP contribution in [0.5, 0.6) is 11.5 Å². The van der Waals surface area contributed by atoms with E-state index in [1.165, 1.54) is 55.6 Å². The van der Waals surface area contributed by atoms with Crippen molar-refractivity contribution in [1.29, 1.82) is 0 Å². The smallest absolute Gasteiger partial charge is 0.338 e. The quantitative estimate of drug-likeness (QED) is 0.160. The zero-order chi connectivity index (χ0) is 35.0. The number of aromatic amines is 1. The number of aromatic nitrogens is 1. The Balaban J connectivity index is 1.24. The minimum atomic E-state index is -3.88. The van der Waals surface area contributed by atoms with Gasteiger partial charge in [-0.05, 0) is 73.2 Å². The summed E-state index contributed by atoms with van der Waals surface area (Å²) in [5.74, 6) is -3.09. The van der Waals surface area contributed by atoms with E-state index in [9.17, 15) is 32.4 Å². The number of nitrogens with one attached hydrogen (secondary N) is 2. The van der Waals surface area contributed by atoms with Crippen LogP contribution in [0.3, 0.4) is 0 Å². The normalized spacial score (nSPS) is 18.4. The summed E-state index contributed by atoms with van der Waals surface area (Å²) in [7, 11) is -2.47. The van der Waals surface area contributed by atoms with Gasteiger partial charge >= 0.3 is 10.8 Å². The number of esters is 1. The number of amides is 3. The van der Waals surface area contributed by atoms with Crippen molar-refractivity contribution < 1.29 is 41.8 Å². The van der Waals surface area contributed by atoms with E-state index in [-0.39, 0.29) is 33.4 Å². The number of ether oxygens (including phenoxy) is 3. The fourth-order valence-electron chi connectivity index (χ4n) is 5.66. The van der Waals surface area contributed by atoms with Gasteiger partial charge in [-0.2, -0.15) is 0 Å². The van der Waals surface area contributed by atoms with Crippen molar-refractivity contribution >= 4 is 68.2 Å². The van der Waals surface area contributed by atoms with Crippen LogP contribution in [-0.2, 0) is 29.1 Å². The zero-order valence-electron chi connectivity index (χ0n) is 25.8. The fraction of sp³-hybridized carbons (Fsp3) is 0.219. The Morgan fingerprint density at radius 2 is 1.69 bits per heavy atom. The van der Waals surface area contributed by atoms with Gasteiger partial charge in [0.1, 0.15) is 5.25 Å². The average molecular weight is 725 g/mol. The zero-order valence-corrected chi connectivity index (χ0v) is 28.3. The Labute approximate surface area is 287 Å². The highest BCUT2D eigenvalue weighted by Gasteiger charge is 2.56. The maximum absolute atomic E-state index is 14.1. The third-order valence-electron chi connectivity index (χ3n) is 7.83. The molecule has 1 aromatic heterocycles. The molecule has 0 bridgehead atoms. The number of primary sulfonamides is 1. The van der Waals surface area contributed by atoms with Gasteiger partial charge in [0.15, 0.2) is 18.1 Å². The first kappa shape index (κ1) is 33.9. The highest BCUT2D eigenvalue weighted by Crippen LogP contribution is 2.53. The van der Waals surface area contributed by atoms with E-state index < -0.39 is 57.4 Å². The molecule has 14 nitrogen and oxygen atoms in total. The van der Waals surface area contributed by atoms with Gasteiger partial charge in [0.2, 0.25) is 21.8 Å². The van der Waals surface area contributed by atoms with Crippen LogP contribution >= 0.6 is 23.1 Å². The number of nitrogens with zero attached hydrogens (tertiary/aromatic N) is 1. The van der Waals surface area contributed by atoms with Gasteiger partial charge in [0.05, 0.1) is 40.8 Å². The lowest BCUT2D eigenvalue weighted by molar-refractivity contribution is -0.122. The summed E-state index contributed by atoms with van der Waals surface area (Å²) in [5, 5.41) is 7.36. The molecule has 2 aliphatic heterocycles. The van der Waals surface area contributed by atoms with Crippen molar-refractivity contribution in [2.75, 3.05) is 30.5 Å². The lowest BCUT2D eigenvalue weighted by atomic mass is 9.83. The van der Waals surface area contributed by atoms with Gasteiger partial charge in [0.25, 0.3) is 5.91 Å². The summed E-state index contributed by atoms with van der Waals surface area (Å²) in [6.07, 6.45) is 0. The van der Waals surface area contributed by atoms with Crippen LogP contribution in [0.15, 0.2) is 81.4 Å². The van der Waals surface area contributed by atoms with Crippen molar-refractivity contribution in [3.05, 3.63) is 92.4 Å². The number of benzene rings is 3. The van der Waals surface area contributed by atoms with Crippen molar-refractivity contribution in [1.82, 2.24) is 4.98 Å². The number of hydrogen-bond donors (Lipinski definition) is 3. The largest absolute Gasteiger partial charge is 0.493 e. The molecule has 3 aromatic carbocycles. The second-order valence-corrected chi connectivity index (χ2v) is 14.6. The number of sulfonamides is 1. The number of thiazole rings is 1. The molecule has 1 fully saturated rings. The van der Waals surface area contributed by atoms with Crippen LogP contribution in [0.25, 0.3) is 0 Å². The fourth-order valence-corrected chi connectivity index (χ4v) is 8.69. The molecule has 254 valence electrons. The summed E-state index contributed by atoms with van der Waals surface area (Å²) in [5.41, 5.74) is 1.48. The van der Waals surface area contributed by atoms with Gasteiger partial charge in [-0.15, -0.1) is 0 Å². The number of methoxy groups -OCH3 is 1. The van der Waals surface area contributed by atoms with Gasteiger partial charge in [-0.3, -0.25) is 19.2 Å². The summed E-state index contributed by atoms with van der Waals surface area (Å²) < 4.78 is 39.3. The van der Waals surface area contributed by atoms with Gasteiger partial charge in [0, 0.05) is 16.5 Å². The number of fused-ring (bicyclic) bond motifs is 2. The van der Waals surface area contributed by atoms with Crippen molar-refractivity contribution in [2.24, 2.45) is 11.1 Å². The monoisotopic (exact) mass is 724 g/mol. The summed E-state index contributed by atoms with van der Waals surface area (Å²) in [6, 6.07) is 16.2. The molecular formula is C32H28N4O10S3. The second kappa shape index (κ2) is 13.5. The Kier molecular flexibility index (Phi) is 9.35. The molecule has 49 heavy (non-hydrogen) atoms. The van der Waals surface area contributed by atoms with Crippen LogP contribution in [0.2, 0.25) is 0 Å². The van der Waals surface area contributed by atoms with Crippen molar-refractivity contribution in [3.8, 4) is 11.5 Å². The summed E-state index contributed by atoms with van der Waals surface area (Å²) in [6.45, 7) is 1.47. The van der Waals surface area contributed by atoms with E-state index in [4.69, 9.17) is 19.3 Å². The highest BCUT2D eigenvalue weighted by molar-refractivity contribution is 8.00. The maximum Gasteiger partial charge on any atom is 0.338 e. The first-order valence-electron chi connectivity index (χ1n) is 14.7. The number of hydrogen-bond acceptors (Lipinski definition) is 12. The molecule has 4 aromatic rings. The molecule has 17 heteroatoms. The van der Waals surface area contributed by atoms with Crippen molar-refractivity contribution in [2.45, 2.75) is 28.0 Å². The third kappa shape index (κ3) is 6.69. The molecule has 1 saturated heterocycles. The van der Waals surface area contributed by atoms with Crippen LogP contribution in [0.4, 0.5) is 11.4 Å². The second-order valence-electron chi connectivity index (χ2n) is 10.8. The van der Waals surface area contributed by atoms with E-state index in [1.54, 1.807) is 25.1 Å². The lowest BCUT2D eigenvalue weighted by Gasteiger charge is -2.30. The molecule has 4 N–H and O–H groups in total. The minimum Gasteiger partial charge on any atom is -0.493 e. The summed E-state index contributed by atoms with van der Waals surface area (Å²) in [4.78, 5) is 69.1. The molecule has 3 atom stereocenters. The predicted octanol–water partition coefficient (Wildman–Crippen LogP) is 3.08. The van der Waals surface area contributed by atoms with Crippen LogP contribution < -0.4 is 29.7 Å². The number of imide groups is 1. The number of carbonyl (C=O) groups excluding carboxylic acids is 4. The Morgan fingerprint density at radius 1 is 0.980 bits per heavy atom. The van der Waals surface area contributed by atoms with E-state index in [2.05, 4.69) is 10.3 Å². The van der Waals surface area contributed by atoms with Gasteiger partial charge in [-0.1, -0.05) is 29.2 Å². The molecule has 2 aliphatic rings. The molecule has 0 radical (unpaired) electrons. The first-order chi connectivity index (χ1) is 23.4. The van der Waals surface area contributed by atoms with E-state index in [0.29, 0.717) is 26.8 Å². The Morgan fingerprint density at radius 3 is 2.35 bits per heavy atom. The first-order valence-corrected chi connectivity index (χ1v) is 17.9. The standard InChI is InChI=1S/C32H28N4O10S3/c1-3-45-31(40)16-4-9-19(10-5-16)36-29(38)25-24(26-28(35-32(41)48-26)47-27(25)30(36)39)17-6-13-21(22(14-17)44-2)46-15-23(37)34-18-7-11-20(12-8-18)49(33,42)43/h4-14,24-25,27H,3,15H2,1-2H3,(H,34,37)(H,35,41)(H2,33,42,43)/t24-,25?,27?/m1/s1. The maximum atomic E-state index is 14.1. The third-order valence-corrected chi connectivity index (χ3v) is 11.2. The molecule has 3 amide bonds. The van der Waals surface area contributed by atoms with Gasteiger partial charge < -0.3 is 24.5 Å². The number of nitrogens with two attached hydrogens (primary N) is 1. The number of thioether (sulfide) groups is 1. The number of H-pyrrole nitrogens is 1. The number of rotatable bonds is 10. The van der Waals surface area contributed by atoms with E-state index in [0.717, 1.165) is 28.0 Å². The lowest BCUT2D eigenvalue weighted by Crippen LogP contribution is -2.32. The van der Waals surface area contributed by atoms with Gasteiger partial charge in [-0.25, -0.2) is 23.3 Å². The molecule has 3 heterocycles. The molecule has 0 spiro atoms. The Hall–Kier alpha value is -4.97. The Bertz CT molecular complexity index is 2130. The predicted molar refractivity (Wildman–Crippen MR) is 180 cm³/mol. The highest BCUT2D eigenvalue weighted by atomic mass is 32.2. The SMILES string of the molecule is CCOC(=O)c1ccc(N2C(=O)C3Sc4[nH]c(=O)sc4[C@H](c4ccc(OCC(=O)Nc5ccc(S(N)(=O)=O)cc5)c(OC)c4)C3C2=O)cc1. The van der Waals surface area contributed by atoms with E-state index >= 15 is 0 Å². The molecule has 0 aliphatic carbocycles. The molecule has 6 rings (SSSR count). The van der Waals surface area contributed by atoms with Crippen molar-refractivity contribution in [3.63, 3.8) is 0 Å². The summed E-state index contributed by atoms with van der Waals surface area (Å²) >= 11 is 2.09. The number of carbonyl (C=O) groups is 4. The average Bonchev–Trinajstić information content (AvgIpc) is 3.57. The van der Waals surface area contributed by atoms with Crippen LogP contribution in [-0.4, -0.2) is 62.7 Å². The molecule has 2 unspecified atom stereocenters. The molecular weight excluding hydrogens is 697 g/mol. The van der Waals surface area contributed by atoms with Crippen LogP contribution in [0, 0.1) is 5.92 Å². The van der Waals surface area contributed by atoms with E-state index in [1.807, 2.05) is 0 Å². The minimum absolute atomic E-state index is 0.102. The topological polar surface area (TPSA) is 204 Å².